The van der Waals surface area contributed by atoms with E-state index in [9.17, 15) is 9.59 Å². The molecule has 2 aromatic rings. The first kappa shape index (κ1) is 14.7. The molecule has 7 heteroatoms. The van der Waals surface area contributed by atoms with Crippen molar-refractivity contribution in [1.29, 1.82) is 0 Å². The van der Waals surface area contributed by atoms with Crippen LogP contribution in [0, 0.1) is 0 Å². The first-order valence-electron chi connectivity index (χ1n) is 6.29. The van der Waals surface area contributed by atoms with Gasteiger partial charge >= 0.3 is 5.97 Å². The summed E-state index contributed by atoms with van der Waals surface area (Å²) in [6.07, 6.45) is 1.36. The van der Waals surface area contributed by atoms with Gasteiger partial charge in [-0.1, -0.05) is 0 Å². The largest absolute Gasteiger partial charge is 0.478 e. The van der Waals surface area contributed by atoms with Crippen LogP contribution in [0.3, 0.4) is 0 Å². The second-order valence-electron chi connectivity index (χ2n) is 4.88. The summed E-state index contributed by atoms with van der Waals surface area (Å²) in [6, 6.07) is 4.65. The van der Waals surface area contributed by atoms with Gasteiger partial charge in [0.1, 0.15) is 12.1 Å². The first-order valence-corrected chi connectivity index (χ1v) is 6.29. The smallest absolute Gasteiger partial charge is 0.335 e. The van der Waals surface area contributed by atoms with E-state index in [4.69, 9.17) is 5.11 Å². The minimum absolute atomic E-state index is 0.0496. The van der Waals surface area contributed by atoms with Gasteiger partial charge in [0.2, 0.25) is 5.91 Å². The van der Waals surface area contributed by atoms with Crippen molar-refractivity contribution in [2.24, 2.45) is 0 Å². The predicted molar refractivity (Wildman–Crippen MR) is 78.5 cm³/mol. The number of carbonyl (C=O) groups is 2. The quantitative estimate of drug-likeness (QED) is 0.897. The summed E-state index contributed by atoms with van der Waals surface area (Å²) in [5.41, 5.74) is 0.697. The van der Waals surface area contributed by atoms with Crippen molar-refractivity contribution in [2.45, 2.75) is 0 Å². The fraction of sp³-hybridized carbons (Fsp3) is 0.286. The van der Waals surface area contributed by atoms with Crippen molar-refractivity contribution in [2.75, 3.05) is 32.6 Å². The maximum atomic E-state index is 11.8. The van der Waals surface area contributed by atoms with Crippen LogP contribution in [-0.2, 0) is 4.79 Å². The van der Waals surface area contributed by atoms with Crippen LogP contribution in [0.15, 0.2) is 24.5 Å². The summed E-state index contributed by atoms with van der Waals surface area (Å²) >= 11 is 0. The van der Waals surface area contributed by atoms with Crippen molar-refractivity contribution in [3.63, 3.8) is 0 Å². The van der Waals surface area contributed by atoms with Gasteiger partial charge < -0.3 is 14.9 Å². The number of carboxylic acids is 1. The third-order valence-corrected chi connectivity index (χ3v) is 3.10. The Bertz CT molecular complexity index is 700. The molecule has 110 valence electrons. The van der Waals surface area contributed by atoms with Crippen LogP contribution in [0.1, 0.15) is 10.4 Å². The summed E-state index contributed by atoms with van der Waals surface area (Å²) in [5, 5.41) is 9.70. The molecular weight excluding hydrogens is 272 g/mol. The van der Waals surface area contributed by atoms with Gasteiger partial charge in [-0.3, -0.25) is 4.79 Å². The Morgan fingerprint density at radius 1 is 1.19 bits per heavy atom. The molecule has 0 saturated heterocycles. The number of rotatable bonds is 4. The monoisotopic (exact) mass is 288 g/mol. The Balaban J connectivity index is 2.40. The van der Waals surface area contributed by atoms with E-state index in [2.05, 4.69) is 9.97 Å². The second-order valence-corrected chi connectivity index (χ2v) is 4.88. The highest BCUT2D eigenvalue weighted by atomic mass is 16.4. The zero-order valence-electron chi connectivity index (χ0n) is 12.1. The lowest BCUT2D eigenvalue weighted by atomic mass is 10.1. The van der Waals surface area contributed by atoms with E-state index in [0.717, 1.165) is 0 Å². The predicted octanol–water partition coefficient (Wildman–Crippen LogP) is 0.852. The fourth-order valence-electron chi connectivity index (χ4n) is 1.90. The number of fused-ring (bicyclic) bond motifs is 1. The zero-order chi connectivity index (χ0) is 15.6. The van der Waals surface area contributed by atoms with Crippen molar-refractivity contribution in [3.05, 3.63) is 30.1 Å². The second kappa shape index (κ2) is 5.74. The van der Waals surface area contributed by atoms with Crippen LogP contribution >= 0.6 is 0 Å². The topological polar surface area (TPSA) is 86.6 Å². The van der Waals surface area contributed by atoms with Crippen LogP contribution in [0.25, 0.3) is 10.9 Å². The lowest BCUT2D eigenvalue weighted by molar-refractivity contribution is -0.127. The zero-order valence-corrected chi connectivity index (χ0v) is 12.1. The third kappa shape index (κ3) is 3.07. The molecule has 1 aromatic heterocycles. The minimum atomic E-state index is -1.01. The Kier molecular flexibility index (Phi) is 4.02. The molecule has 1 aromatic carbocycles. The number of aromatic nitrogens is 2. The summed E-state index contributed by atoms with van der Waals surface area (Å²) in [5.74, 6) is -0.466. The van der Waals surface area contributed by atoms with Crippen LogP contribution in [0.4, 0.5) is 5.82 Å². The number of nitrogens with zero attached hydrogens (tertiary/aromatic N) is 4. The SMILES string of the molecule is CN(C)C(=O)CN(C)c1ncnc2cc(C(=O)O)ccc12. The van der Waals surface area contributed by atoms with E-state index in [1.165, 1.54) is 23.4 Å². The van der Waals surface area contributed by atoms with E-state index in [1.54, 1.807) is 32.1 Å². The summed E-state index contributed by atoms with van der Waals surface area (Å²) < 4.78 is 0. The van der Waals surface area contributed by atoms with Gasteiger partial charge in [-0.05, 0) is 18.2 Å². The number of carbonyl (C=O) groups excluding carboxylic acids is 1. The molecule has 2 rings (SSSR count). The van der Waals surface area contributed by atoms with E-state index < -0.39 is 5.97 Å². The van der Waals surface area contributed by atoms with Gasteiger partial charge in [-0.25, -0.2) is 14.8 Å². The molecule has 0 aliphatic carbocycles. The molecule has 0 atom stereocenters. The van der Waals surface area contributed by atoms with Crippen molar-refractivity contribution in [1.82, 2.24) is 14.9 Å². The number of aromatic carboxylic acids is 1. The Morgan fingerprint density at radius 3 is 2.52 bits per heavy atom. The van der Waals surface area contributed by atoms with Crippen LogP contribution in [0.5, 0.6) is 0 Å². The first-order chi connectivity index (χ1) is 9.90. The number of amides is 1. The third-order valence-electron chi connectivity index (χ3n) is 3.10. The van der Waals surface area contributed by atoms with Gasteiger partial charge in [0.25, 0.3) is 0 Å². The molecule has 0 fully saturated rings. The van der Waals surface area contributed by atoms with Crippen LogP contribution < -0.4 is 4.90 Å². The molecule has 0 radical (unpaired) electrons. The van der Waals surface area contributed by atoms with Gasteiger partial charge in [0, 0.05) is 26.5 Å². The van der Waals surface area contributed by atoms with Crippen molar-refractivity contribution >= 4 is 28.6 Å². The fourth-order valence-corrected chi connectivity index (χ4v) is 1.90. The summed E-state index contributed by atoms with van der Waals surface area (Å²) in [7, 11) is 5.13. The van der Waals surface area contributed by atoms with Gasteiger partial charge in [0.15, 0.2) is 0 Å². The molecule has 0 aliphatic heterocycles. The molecule has 1 heterocycles. The standard InChI is InChI=1S/C14H16N4O3/c1-17(2)12(19)7-18(3)13-10-5-4-9(14(20)21)6-11(10)15-8-16-13/h4-6,8H,7H2,1-3H3,(H,20,21). The molecule has 1 N–H and O–H groups in total. The van der Waals surface area contributed by atoms with Crippen LogP contribution in [0.2, 0.25) is 0 Å². The Labute approximate surface area is 121 Å². The van der Waals surface area contributed by atoms with E-state index in [-0.39, 0.29) is 18.0 Å². The maximum absolute atomic E-state index is 11.8. The van der Waals surface area contributed by atoms with E-state index in [1.807, 2.05) is 0 Å². The average molecular weight is 288 g/mol. The molecule has 21 heavy (non-hydrogen) atoms. The van der Waals surface area contributed by atoms with Crippen molar-refractivity contribution < 1.29 is 14.7 Å². The highest BCUT2D eigenvalue weighted by Gasteiger charge is 2.14. The number of benzene rings is 1. The van der Waals surface area contributed by atoms with Gasteiger partial charge in [-0.2, -0.15) is 0 Å². The minimum Gasteiger partial charge on any atom is -0.478 e. The molecular formula is C14H16N4O3. The molecule has 1 amide bonds. The molecule has 0 unspecified atom stereocenters. The van der Waals surface area contributed by atoms with E-state index >= 15 is 0 Å². The average Bonchev–Trinajstić information content (AvgIpc) is 2.45. The number of anilines is 1. The lowest BCUT2D eigenvalue weighted by Crippen LogP contribution is -2.34. The molecule has 0 bridgehead atoms. The normalized spacial score (nSPS) is 10.4. The maximum Gasteiger partial charge on any atom is 0.335 e. The van der Waals surface area contributed by atoms with Gasteiger partial charge in [0.05, 0.1) is 17.6 Å². The molecule has 0 saturated carbocycles. The van der Waals surface area contributed by atoms with E-state index in [0.29, 0.717) is 16.7 Å². The molecule has 0 spiro atoms. The lowest BCUT2D eigenvalue weighted by Gasteiger charge is -2.21. The number of hydrogen-bond acceptors (Lipinski definition) is 5. The molecule has 7 nitrogen and oxygen atoms in total. The Hall–Kier alpha value is -2.70. The number of carboxylic acid groups (broad SMARTS) is 1. The summed E-state index contributed by atoms with van der Waals surface area (Å²) in [6.45, 7) is 0.180. The highest BCUT2D eigenvalue weighted by molar-refractivity contribution is 5.97. The van der Waals surface area contributed by atoms with Crippen LogP contribution in [-0.4, -0.2) is 59.5 Å². The van der Waals surface area contributed by atoms with Crippen molar-refractivity contribution in [3.8, 4) is 0 Å². The highest BCUT2D eigenvalue weighted by Crippen LogP contribution is 2.23. The summed E-state index contributed by atoms with van der Waals surface area (Å²) in [4.78, 5) is 34.2. The number of likely N-dealkylation sites (N-methyl/N-ethyl adjacent to an activating group) is 2. The van der Waals surface area contributed by atoms with Gasteiger partial charge in [-0.15, -0.1) is 0 Å². The molecule has 0 aliphatic rings. The Morgan fingerprint density at radius 2 is 1.90 bits per heavy atom. The number of hydrogen-bond donors (Lipinski definition) is 1.